The van der Waals surface area contributed by atoms with E-state index < -0.39 is 9.84 Å². The lowest BCUT2D eigenvalue weighted by Gasteiger charge is -2.26. The molecule has 1 aliphatic rings. The average Bonchev–Trinajstić information content (AvgIpc) is 3.17. The van der Waals surface area contributed by atoms with Crippen LogP contribution in [0.25, 0.3) is 11.0 Å². The Morgan fingerprint density at radius 1 is 1.38 bits per heavy atom. The molecule has 1 aromatic carbocycles. The minimum absolute atomic E-state index is 0.0908. The lowest BCUT2D eigenvalue weighted by atomic mass is 10.2. The molecule has 4 rings (SSSR count). The van der Waals surface area contributed by atoms with Gasteiger partial charge in [-0.05, 0) is 18.2 Å². The van der Waals surface area contributed by atoms with E-state index in [0.717, 1.165) is 17.2 Å². The summed E-state index contributed by atoms with van der Waals surface area (Å²) < 4.78 is 33.4. The van der Waals surface area contributed by atoms with Crippen LogP contribution in [0.5, 0.6) is 0 Å². The summed E-state index contributed by atoms with van der Waals surface area (Å²) in [5.74, 6) is 1.79. The Kier molecular flexibility index (Phi) is 4.29. The van der Waals surface area contributed by atoms with Gasteiger partial charge in [-0.2, -0.15) is 0 Å². The zero-order chi connectivity index (χ0) is 18.3. The second-order valence-electron chi connectivity index (χ2n) is 6.57. The number of benzene rings is 1. The SMILES string of the molecule is Cn1ccnc1CNCC1COCc2nc3cc(S(C)(=O)=O)ccc3n21. The molecule has 1 N–H and O–H groups in total. The summed E-state index contributed by atoms with van der Waals surface area (Å²) in [6.45, 7) is 2.39. The number of hydrogen-bond donors (Lipinski definition) is 1. The van der Waals surface area contributed by atoms with Gasteiger partial charge >= 0.3 is 0 Å². The maximum Gasteiger partial charge on any atom is 0.175 e. The molecule has 1 unspecified atom stereocenters. The maximum absolute atomic E-state index is 11.8. The summed E-state index contributed by atoms with van der Waals surface area (Å²) in [5, 5.41) is 3.42. The van der Waals surface area contributed by atoms with Crippen molar-refractivity contribution < 1.29 is 13.2 Å². The van der Waals surface area contributed by atoms with E-state index in [9.17, 15) is 8.42 Å². The van der Waals surface area contributed by atoms with E-state index in [1.165, 1.54) is 6.26 Å². The van der Waals surface area contributed by atoms with Gasteiger partial charge in [0.2, 0.25) is 0 Å². The molecule has 3 aromatic rings. The van der Waals surface area contributed by atoms with Crippen LogP contribution in [0.4, 0.5) is 0 Å². The number of sulfone groups is 1. The van der Waals surface area contributed by atoms with Gasteiger partial charge in [-0.3, -0.25) is 0 Å². The van der Waals surface area contributed by atoms with Crippen LogP contribution in [0, 0.1) is 0 Å². The summed E-state index contributed by atoms with van der Waals surface area (Å²) in [6, 6.07) is 5.20. The smallest absolute Gasteiger partial charge is 0.175 e. The van der Waals surface area contributed by atoms with Crippen molar-refractivity contribution in [2.24, 2.45) is 7.05 Å². The molecular formula is C17H21N5O3S. The Balaban J connectivity index is 1.59. The number of ether oxygens (including phenoxy) is 1. The minimum Gasteiger partial charge on any atom is -0.371 e. The van der Waals surface area contributed by atoms with Crippen molar-refractivity contribution in [3.05, 3.63) is 42.2 Å². The number of fused-ring (bicyclic) bond motifs is 3. The van der Waals surface area contributed by atoms with Crippen LogP contribution in [-0.2, 0) is 34.8 Å². The second-order valence-corrected chi connectivity index (χ2v) is 8.59. The van der Waals surface area contributed by atoms with Gasteiger partial charge in [-0.25, -0.2) is 18.4 Å². The van der Waals surface area contributed by atoms with Gasteiger partial charge in [0.05, 0.1) is 35.1 Å². The van der Waals surface area contributed by atoms with Crippen LogP contribution < -0.4 is 5.32 Å². The summed E-state index contributed by atoms with van der Waals surface area (Å²) >= 11 is 0. The first-order valence-electron chi connectivity index (χ1n) is 8.39. The van der Waals surface area contributed by atoms with Crippen LogP contribution in [0.15, 0.2) is 35.5 Å². The second kappa shape index (κ2) is 6.49. The van der Waals surface area contributed by atoms with Crippen LogP contribution in [0.3, 0.4) is 0 Å². The highest BCUT2D eigenvalue weighted by molar-refractivity contribution is 7.90. The molecule has 3 heterocycles. The topological polar surface area (TPSA) is 91.0 Å². The van der Waals surface area contributed by atoms with E-state index in [2.05, 4.69) is 19.9 Å². The van der Waals surface area contributed by atoms with E-state index in [1.54, 1.807) is 18.3 Å². The molecule has 1 atom stereocenters. The number of aryl methyl sites for hydroxylation is 1. The standard InChI is InChI=1S/C17H21N5O3S/c1-21-6-5-19-16(21)9-18-8-12-10-25-11-17-20-14-7-13(26(2,23)24)3-4-15(14)22(12)17/h3-7,12,18H,8-11H2,1-2H3. The van der Waals surface area contributed by atoms with E-state index in [-0.39, 0.29) is 10.9 Å². The van der Waals surface area contributed by atoms with Gasteiger partial charge < -0.3 is 19.2 Å². The molecule has 0 bridgehead atoms. The Hall–Kier alpha value is -2.23. The lowest BCUT2D eigenvalue weighted by Crippen LogP contribution is -2.33. The van der Waals surface area contributed by atoms with Crippen LogP contribution in [-0.4, -0.2) is 46.9 Å². The zero-order valence-corrected chi connectivity index (χ0v) is 15.5. The van der Waals surface area contributed by atoms with Crippen LogP contribution in [0.2, 0.25) is 0 Å². The van der Waals surface area contributed by atoms with Crippen molar-refractivity contribution in [2.45, 2.75) is 24.1 Å². The van der Waals surface area contributed by atoms with Gasteiger partial charge in [0, 0.05) is 32.2 Å². The molecule has 1 aliphatic heterocycles. The van der Waals surface area contributed by atoms with Crippen molar-refractivity contribution in [3.8, 4) is 0 Å². The first kappa shape index (κ1) is 17.2. The van der Waals surface area contributed by atoms with Gasteiger partial charge in [-0.1, -0.05) is 0 Å². The van der Waals surface area contributed by atoms with Gasteiger partial charge in [-0.15, -0.1) is 0 Å². The highest BCUT2D eigenvalue weighted by Gasteiger charge is 2.24. The molecule has 138 valence electrons. The number of hydrogen-bond acceptors (Lipinski definition) is 6. The highest BCUT2D eigenvalue weighted by atomic mass is 32.2. The first-order valence-corrected chi connectivity index (χ1v) is 10.3. The van der Waals surface area contributed by atoms with Gasteiger partial charge in [0.15, 0.2) is 9.84 Å². The van der Waals surface area contributed by atoms with Crippen LogP contribution >= 0.6 is 0 Å². The molecule has 0 saturated heterocycles. The molecule has 26 heavy (non-hydrogen) atoms. The molecule has 0 amide bonds. The van der Waals surface area contributed by atoms with Gasteiger partial charge in [0.1, 0.15) is 18.3 Å². The largest absolute Gasteiger partial charge is 0.371 e. The van der Waals surface area contributed by atoms with Crippen molar-refractivity contribution >= 4 is 20.9 Å². The summed E-state index contributed by atoms with van der Waals surface area (Å²) in [4.78, 5) is 9.17. The molecular weight excluding hydrogens is 354 g/mol. The van der Waals surface area contributed by atoms with E-state index in [1.807, 2.05) is 23.9 Å². The fourth-order valence-electron chi connectivity index (χ4n) is 3.30. The normalized spacial score (nSPS) is 17.5. The molecule has 0 aliphatic carbocycles. The molecule has 0 radical (unpaired) electrons. The third kappa shape index (κ3) is 3.13. The molecule has 8 nitrogen and oxygen atoms in total. The highest BCUT2D eigenvalue weighted by Crippen LogP contribution is 2.27. The molecule has 0 fully saturated rings. The fraction of sp³-hybridized carbons (Fsp3) is 0.412. The van der Waals surface area contributed by atoms with Crippen molar-refractivity contribution in [3.63, 3.8) is 0 Å². The molecule has 0 saturated carbocycles. The van der Waals surface area contributed by atoms with E-state index >= 15 is 0 Å². The Bertz CT molecular complexity index is 1050. The number of nitrogens with zero attached hydrogens (tertiary/aromatic N) is 4. The third-order valence-electron chi connectivity index (χ3n) is 4.65. The molecule has 9 heteroatoms. The van der Waals surface area contributed by atoms with Crippen molar-refractivity contribution in [1.29, 1.82) is 0 Å². The number of rotatable bonds is 5. The Morgan fingerprint density at radius 2 is 2.23 bits per heavy atom. The van der Waals surface area contributed by atoms with E-state index in [0.29, 0.717) is 31.8 Å². The monoisotopic (exact) mass is 375 g/mol. The number of imidazole rings is 2. The van der Waals surface area contributed by atoms with Crippen molar-refractivity contribution in [2.75, 3.05) is 19.4 Å². The average molecular weight is 375 g/mol. The first-order chi connectivity index (χ1) is 12.4. The van der Waals surface area contributed by atoms with Crippen molar-refractivity contribution in [1.82, 2.24) is 24.4 Å². The molecule has 0 spiro atoms. The quantitative estimate of drug-likeness (QED) is 0.716. The Morgan fingerprint density at radius 3 is 2.96 bits per heavy atom. The zero-order valence-electron chi connectivity index (χ0n) is 14.7. The lowest BCUT2D eigenvalue weighted by molar-refractivity contribution is 0.0563. The number of nitrogens with one attached hydrogen (secondary N) is 1. The van der Waals surface area contributed by atoms with Crippen LogP contribution in [0.1, 0.15) is 17.7 Å². The fourth-order valence-corrected chi connectivity index (χ4v) is 3.94. The summed E-state index contributed by atoms with van der Waals surface area (Å²) in [5.41, 5.74) is 1.61. The molecule has 2 aromatic heterocycles. The maximum atomic E-state index is 11.8. The summed E-state index contributed by atoms with van der Waals surface area (Å²) in [6.07, 6.45) is 4.90. The third-order valence-corrected chi connectivity index (χ3v) is 5.76. The van der Waals surface area contributed by atoms with Gasteiger partial charge in [0.25, 0.3) is 0 Å². The predicted molar refractivity (Wildman–Crippen MR) is 96.5 cm³/mol. The predicted octanol–water partition coefficient (Wildman–Crippen LogP) is 1.03. The number of aromatic nitrogens is 4. The summed E-state index contributed by atoms with van der Waals surface area (Å²) in [7, 11) is -1.29. The minimum atomic E-state index is -3.25. The Labute approximate surface area is 151 Å². The van der Waals surface area contributed by atoms with E-state index in [4.69, 9.17) is 4.74 Å².